The number of ether oxygens (including phenoxy) is 2. The SMILES string of the molecule is COc1ccc(CN2CCC[C@H](n3cc(-c4cc(OCC(C)(C)O)cn5ncc(C#N)c45)cn3)C2)cn1. The van der Waals surface area contributed by atoms with Crippen LogP contribution >= 0.6 is 0 Å². The minimum absolute atomic E-state index is 0.130. The number of aliphatic hydroxyl groups is 1. The summed E-state index contributed by atoms with van der Waals surface area (Å²) in [5.41, 5.74) is 3.05. The van der Waals surface area contributed by atoms with Crippen molar-refractivity contribution >= 4 is 5.52 Å². The van der Waals surface area contributed by atoms with Crippen LogP contribution in [-0.4, -0.2) is 66.8 Å². The molecule has 0 aliphatic carbocycles. The summed E-state index contributed by atoms with van der Waals surface area (Å²) in [6.07, 6.45) is 11.1. The van der Waals surface area contributed by atoms with E-state index in [0.29, 0.717) is 22.7 Å². The van der Waals surface area contributed by atoms with Crippen LogP contribution in [0.1, 0.15) is 43.9 Å². The maximum Gasteiger partial charge on any atom is 0.212 e. The van der Waals surface area contributed by atoms with Crippen LogP contribution in [0.15, 0.2) is 49.2 Å². The molecule has 1 saturated heterocycles. The summed E-state index contributed by atoms with van der Waals surface area (Å²) >= 11 is 0. The van der Waals surface area contributed by atoms with Crippen LogP contribution in [0.25, 0.3) is 16.6 Å². The van der Waals surface area contributed by atoms with Gasteiger partial charge in [-0.25, -0.2) is 9.50 Å². The molecule has 1 N–H and O–H groups in total. The number of rotatable bonds is 8. The van der Waals surface area contributed by atoms with Crippen molar-refractivity contribution in [3.8, 4) is 28.8 Å². The lowest BCUT2D eigenvalue weighted by molar-refractivity contribution is 0.0283. The monoisotopic (exact) mass is 501 g/mol. The first-order valence-electron chi connectivity index (χ1n) is 12.4. The van der Waals surface area contributed by atoms with Crippen molar-refractivity contribution < 1.29 is 14.6 Å². The fraction of sp³-hybridized carbons (Fsp3) is 0.407. The third kappa shape index (κ3) is 5.58. The molecule has 192 valence electrons. The summed E-state index contributed by atoms with van der Waals surface area (Å²) in [5.74, 6) is 1.17. The summed E-state index contributed by atoms with van der Waals surface area (Å²) in [5, 5.41) is 28.8. The first-order valence-corrected chi connectivity index (χ1v) is 12.4. The van der Waals surface area contributed by atoms with Gasteiger partial charge in [0.1, 0.15) is 18.4 Å². The standard InChI is InChI=1S/C27H31N7O3/c1-27(2,35)18-37-23-9-24(26-20(10-28)12-31-34(26)17-23)21-13-30-33(15-21)22-5-4-8-32(16-22)14-19-6-7-25(36-3)29-11-19/h6-7,9,11-13,15,17,22,35H,4-5,8,14,16,18H2,1-3H3/t22-/m0/s1. The van der Waals surface area contributed by atoms with Gasteiger partial charge < -0.3 is 14.6 Å². The number of fused-ring (bicyclic) bond motifs is 1. The molecule has 0 amide bonds. The lowest BCUT2D eigenvalue weighted by atomic mass is 10.0. The number of hydrogen-bond acceptors (Lipinski definition) is 8. The van der Waals surface area contributed by atoms with Gasteiger partial charge in [0.25, 0.3) is 0 Å². The molecule has 1 atom stereocenters. The van der Waals surface area contributed by atoms with Crippen LogP contribution in [0.2, 0.25) is 0 Å². The molecule has 4 aromatic rings. The molecule has 0 spiro atoms. The Morgan fingerprint density at radius 3 is 2.78 bits per heavy atom. The van der Waals surface area contributed by atoms with Gasteiger partial charge in [-0.05, 0) is 44.9 Å². The van der Waals surface area contributed by atoms with Crippen molar-refractivity contribution in [1.82, 2.24) is 29.3 Å². The van der Waals surface area contributed by atoms with Crippen LogP contribution in [0.4, 0.5) is 0 Å². The molecule has 0 radical (unpaired) electrons. The third-order valence-electron chi connectivity index (χ3n) is 6.48. The Bertz CT molecular complexity index is 1410. The second kappa shape index (κ2) is 10.2. The van der Waals surface area contributed by atoms with Crippen LogP contribution in [0.3, 0.4) is 0 Å². The highest BCUT2D eigenvalue weighted by molar-refractivity contribution is 5.84. The van der Waals surface area contributed by atoms with Crippen molar-refractivity contribution in [3.05, 3.63) is 60.3 Å². The van der Waals surface area contributed by atoms with E-state index < -0.39 is 5.60 Å². The zero-order chi connectivity index (χ0) is 26.0. The maximum atomic E-state index is 10.1. The Morgan fingerprint density at radius 1 is 1.19 bits per heavy atom. The first-order chi connectivity index (χ1) is 17.8. The Balaban J connectivity index is 1.38. The highest BCUT2D eigenvalue weighted by Crippen LogP contribution is 2.32. The van der Waals surface area contributed by atoms with Crippen molar-refractivity contribution in [3.63, 3.8) is 0 Å². The average molecular weight is 502 g/mol. The van der Waals surface area contributed by atoms with Crippen molar-refractivity contribution in [2.45, 2.75) is 44.9 Å². The van der Waals surface area contributed by atoms with Gasteiger partial charge in [-0.1, -0.05) is 6.07 Å². The maximum absolute atomic E-state index is 10.1. The number of hydrogen-bond donors (Lipinski definition) is 1. The molecule has 5 heterocycles. The predicted molar refractivity (Wildman–Crippen MR) is 137 cm³/mol. The molecule has 0 saturated carbocycles. The summed E-state index contributed by atoms with van der Waals surface area (Å²) in [7, 11) is 1.62. The highest BCUT2D eigenvalue weighted by Gasteiger charge is 2.23. The quantitative estimate of drug-likeness (QED) is 0.391. The zero-order valence-electron chi connectivity index (χ0n) is 21.3. The van der Waals surface area contributed by atoms with E-state index in [1.807, 2.05) is 35.4 Å². The van der Waals surface area contributed by atoms with Gasteiger partial charge in [0.2, 0.25) is 5.88 Å². The molecular weight excluding hydrogens is 470 g/mol. The molecule has 0 unspecified atom stereocenters. The molecule has 37 heavy (non-hydrogen) atoms. The molecule has 1 aliphatic heterocycles. The summed E-state index contributed by atoms with van der Waals surface area (Å²) in [4.78, 5) is 6.75. The number of methoxy groups -OCH3 is 1. The van der Waals surface area contributed by atoms with E-state index in [0.717, 1.165) is 49.2 Å². The fourth-order valence-electron chi connectivity index (χ4n) is 4.69. The minimum atomic E-state index is -0.976. The smallest absolute Gasteiger partial charge is 0.212 e. The van der Waals surface area contributed by atoms with Crippen LogP contribution in [0, 0.1) is 11.3 Å². The first kappa shape index (κ1) is 24.7. The molecule has 10 heteroatoms. The second-order valence-electron chi connectivity index (χ2n) is 10.1. The zero-order valence-corrected chi connectivity index (χ0v) is 21.3. The van der Waals surface area contributed by atoms with E-state index in [-0.39, 0.29) is 12.6 Å². The van der Waals surface area contributed by atoms with Crippen LogP contribution in [0.5, 0.6) is 11.6 Å². The lowest BCUT2D eigenvalue weighted by Crippen LogP contribution is -2.36. The van der Waals surface area contributed by atoms with Crippen LogP contribution in [-0.2, 0) is 6.54 Å². The second-order valence-corrected chi connectivity index (χ2v) is 10.1. The number of nitrogens with zero attached hydrogens (tertiary/aromatic N) is 7. The molecule has 1 fully saturated rings. The minimum Gasteiger partial charge on any atom is -0.489 e. The lowest BCUT2D eigenvalue weighted by Gasteiger charge is -2.32. The normalized spacial score (nSPS) is 16.6. The predicted octanol–water partition coefficient (Wildman–Crippen LogP) is 3.46. The van der Waals surface area contributed by atoms with Gasteiger partial charge in [-0.3, -0.25) is 9.58 Å². The molecule has 0 bridgehead atoms. The summed E-state index contributed by atoms with van der Waals surface area (Å²) in [6, 6.07) is 8.30. The number of pyridine rings is 2. The van der Waals surface area contributed by atoms with Crippen molar-refractivity contribution in [1.29, 1.82) is 5.26 Å². The van der Waals surface area contributed by atoms with Gasteiger partial charge >= 0.3 is 0 Å². The number of aromatic nitrogens is 5. The Hall–Kier alpha value is -3.94. The van der Waals surface area contributed by atoms with E-state index >= 15 is 0 Å². The van der Waals surface area contributed by atoms with E-state index in [1.54, 1.807) is 37.9 Å². The molecule has 1 aliphatic rings. The topological polar surface area (TPSA) is 114 Å². The Labute approximate surface area is 215 Å². The Kier molecular flexibility index (Phi) is 6.82. The molecule has 5 rings (SSSR count). The van der Waals surface area contributed by atoms with E-state index in [9.17, 15) is 10.4 Å². The Morgan fingerprint density at radius 2 is 2.05 bits per heavy atom. The molecular formula is C27H31N7O3. The van der Waals surface area contributed by atoms with E-state index in [4.69, 9.17) is 14.6 Å². The largest absolute Gasteiger partial charge is 0.489 e. The van der Waals surface area contributed by atoms with Gasteiger partial charge in [-0.15, -0.1) is 0 Å². The van der Waals surface area contributed by atoms with Crippen molar-refractivity contribution in [2.75, 3.05) is 26.8 Å². The average Bonchev–Trinajstić information content (AvgIpc) is 3.55. The van der Waals surface area contributed by atoms with Crippen molar-refractivity contribution in [2.24, 2.45) is 0 Å². The van der Waals surface area contributed by atoms with Gasteiger partial charge in [-0.2, -0.15) is 15.5 Å². The van der Waals surface area contributed by atoms with Gasteiger partial charge in [0.15, 0.2) is 0 Å². The number of nitriles is 1. The van der Waals surface area contributed by atoms with E-state index in [1.165, 1.54) is 0 Å². The number of likely N-dealkylation sites (tertiary alicyclic amines) is 1. The summed E-state index contributed by atoms with van der Waals surface area (Å²) < 4.78 is 14.7. The summed E-state index contributed by atoms with van der Waals surface area (Å²) in [6.45, 7) is 6.25. The highest BCUT2D eigenvalue weighted by atomic mass is 16.5. The van der Waals surface area contributed by atoms with Gasteiger partial charge in [0, 0.05) is 42.7 Å². The van der Waals surface area contributed by atoms with Gasteiger partial charge in [0.05, 0.1) is 48.4 Å². The molecule has 10 nitrogen and oxygen atoms in total. The van der Waals surface area contributed by atoms with E-state index in [2.05, 4.69) is 27.1 Å². The fourth-order valence-corrected chi connectivity index (χ4v) is 4.69. The number of piperidine rings is 1. The third-order valence-corrected chi connectivity index (χ3v) is 6.48. The molecule has 4 aromatic heterocycles. The van der Waals surface area contributed by atoms with Crippen LogP contribution < -0.4 is 9.47 Å². The molecule has 0 aromatic carbocycles.